The molecule has 0 radical (unpaired) electrons. The maximum Gasteiger partial charge on any atom is 0.308 e. The van der Waals surface area contributed by atoms with Crippen LogP contribution in [0.3, 0.4) is 0 Å². The van der Waals surface area contributed by atoms with Gasteiger partial charge in [0.05, 0.1) is 12.5 Å². The second kappa shape index (κ2) is 5.08. The molecule has 1 heterocycles. The van der Waals surface area contributed by atoms with Gasteiger partial charge in [0.1, 0.15) is 17.2 Å². The van der Waals surface area contributed by atoms with E-state index in [4.69, 9.17) is 9.84 Å². The summed E-state index contributed by atoms with van der Waals surface area (Å²) in [6, 6.07) is 3.28. The largest absolute Gasteiger partial charge is 0.481 e. The Morgan fingerprint density at radius 1 is 1.56 bits per heavy atom. The molecule has 1 N–H and O–H groups in total. The lowest BCUT2D eigenvalue weighted by atomic mass is 9.88. The average molecular weight is 368 g/mol. The first-order chi connectivity index (χ1) is 8.48. The molecule has 0 bridgehead atoms. The molecule has 1 aliphatic rings. The van der Waals surface area contributed by atoms with Crippen LogP contribution in [0.2, 0.25) is 0 Å². The molecule has 0 saturated carbocycles. The Morgan fingerprint density at radius 2 is 2.28 bits per heavy atom. The van der Waals surface area contributed by atoms with Crippen molar-refractivity contribution in [1.29, 1.82) is 0 Å². The van der Waals surface area contributed by atoms with Crippen LogP contribution in [0, 0.1) is 17.6 Å². The van der Waals surface area contributed by atoms with Gasteiger partial charge in [-0.15, -0.1) is 0 Å². The molecule has 1 saturated heterocycles. The smallest absolute Gasteiger partial charge is 0.308 e. The zero-order valence-electron chi connectivity index (χ0n) is 9.33. The van der Waals surface area contributed by atoms with Crippen molar-refractivity contribution in [2.45, 2.75) is 12.0 Å². The van der Waals surface area contributed by atoms with E-state index in [1.165, 1.54) is 6.07 Å². The Labute approximate surface area is 116 Å². The minimum absolute atomic E-state index is 0.0507. The predicted octanol–water partition coefficient (Wildman–Crippen LogP) is 2.72. The van der Waals surface area contributed by atoms with Crippen LogP contribution in [0.15, 0.2) is 18.2 Å². The number of hydrogen-bond donors (Lipinski definition) is 1. The quantitative estimate of drug-likeness (QED) is 0.659. The van der Waals surface area contributed by atoms with E-state index < -0.39 is 29.1 Å². The van der Waals surface area contributed by atoms with Gasteiger partial charge >= 0.3 is 5.97 Å². The molecule has 1 aliphatic heterocycles. The summed E-state index contributed by atoms with van der Waals surface area (Å²) < 4.78 is 32.6. The molecule has 0 aromatic heterocycles. The van der Waals surface area contributed by atoms with Crippen molar-refractivity contribution in [1.82, 2.24) is 0 Å². The standard InChI is InChI=1S/C12H11F2IO3/c13-8-1-2-9(10(14)3-8)12(6-15)4-7(5-18-12)11(16)17/h1-3,7H,4-6H2,(H,16,17)/t7?,12-/m0/s1. The van der Waals surface area contributed by atoms with E-state index in [-0.39, 0.29) is 18.6 Å². The Hall–Kier alpha value is -0.760. The highest BCUT2D eigenvalue weighted by Crippen LogP contribution is 2.41. The van der Waals surface area contributed by atoms with E-state index in [1.54, 1.807) is 0 Å². The van der Waals surface area contributed by atoms with Gasteiger partial charge in [0.15, 0.2) is 0 Å². The number of rotatable bonds is 3. The third-order valence-electron chi connectivity index (χ3n) is 3.12. The Bertz CT molecular complexity index is 480. The number of ether oxygens (including phenoxy) is 1. The summed E-state index contributed by atoms with van der Waals surface area (Å²) in [4.78, 5) is 10.9. The van der Waals surface area contributed by atoms with E-state index >= 15 is 0 Å². The van der Waals surface area contributed by atoms with Crippen LogP contribution < -0.4 is 0 Å². The average Bonchev–Trinajstić information content (AvgIpc) is 2.74. The Kier molecular flexibility index (Phi) is 3.86. The second-order valence-electron chi connectivity index (χ2n) is 4.30. The number of aliphatic carboxylic acids is 1. The van der Waals surface area contributed by atoms with Crippen LogP contribution in [0.1, 0.15) is 12.0 Å². The monoisotopic (exact) mass is 368 g/mol. The first-order valence-electron chi connectivity index (χ1n) is 5.37. The third-order valence-corrected chi connectivity index (χ3v) is 4.36. The van der Waals surface area contributed by atoms with Crippen molar-refractivity contribution in [3.8, 4) is 0 Å². The van der Waals surface area contributed by atoms with Gasteiger partial charge in [-0.25, -0.2) is 8.78 Å². The molecule has 3 nitrogen and oxygen atoms in total. The lowest BCUT2D eigenvalue weighted by molar-refractivity contribution is -0.141. The molecule has 2 rings (SSSR count). The molecular formula is C12H11F2IO3. The van der Waals surface area contributed by atoms with Gasteiger partial charge in [-0.05, 0) is 12.5 Å². The normalized spacial score (nSPS) is 27.4. The van der Waals surface area contributed by atoms with Crippen molar-refractivity contribution < 1.29 is 23.4 Å². The molecule has 0 amide bonds. The number of carboxylic acid groups (broad SMARTS) is 1. The lowest BCUT2D eigenvalue weighted by Crippen LogP contribution is -2.29. The molecular weight excluding hydrogens is 357 g/mol. The zero-order chi connectivity index (χ0) is 13.3. The van der Waals surface area contributed by atoms with Crippen molar-refractivity contribution >= 4 is 28.6 Å². The van der Waals surface area contributed by atoms with Crippen LogP contribution >= 0.6 is 22.6 Å². The summed E-state index contributed by atoms with van der Waals surface area (Å²) in [5.41, 5.74) is -0.747. The minimum Gasteiger partial charge on any atom is -0.481 e. The molecule has 18 heavy (non-hydrogen) atoms. The number of carbonyl (C=O) groups is 1. The van der Waals surface area contributed by atoms with Crippen LogP contribution in [-0.2, 0) is 15.1 Å². The van der Waals surface area contributed by atoms with Gasteiger partial charge in [0.2, 0.25) is 0 Å². The molecule has 1 unspecified atom stereocenters. The highest BCUT2D eigenvalue weighted by atomic mass is 127. The third kappa shape index (κ3) is 2.35. The molecule has 1 aromatic carbocycles. The van der Waals surface area contributed by atoms with Gasteiger partial charge in [0.25, 0.3) is 0 Å². The highest BCUT2D eigenvalue weighted by molar-refractivity contribution is 14.1. The second-order valence-corrected chi connectivity index (χ2v) is 5.07. The first kappa shape index (κ1) is 13.7. The fraction of sp³-hybridized carbons (Fsp3) is 0.417. The Morgan fingerprint density at radius 3 is 2.78 bits per heavy atom. The van der Waals surface area contributed by atoms with Gasteiger partial charge in [-0.1, -0.05) is 28.7 Å². The number of carboxylic acids is 1. The van der Waals surface area contributed by atoms with Gasteiger partial charge in [-0.2, -0.15) is 0 Å². The van der Waals surface area contributed by atoms with Crippen LogP contribution in [-0.4, -0.2) is 22.1 Å². The summed E-state index contributed by atoms with van der Waals surface area (Å²) >= 11 is 2.03. The Balaban J connectivity index is 2.37. The summed E-state index contributed by atoms with van der Waals surface area (Å²) in [5, 5.41) is 8.97. The molecule has 0 spiro atoms. The highest BCUT2D eigenvalue weighted by Gasteiger charge is 2.45. The number of benzene rings is 1. The molecule has 1 aromatic rings. The summed E-state index contributed by atoms with van der Waals surface area (Å²) in [5.74, 6) is -2.96. The van der Waals surface area contributed by atoms with E-state index in [1.807, 2.05) is 22.6 Å². The predicted molar refractivity (Wildman–Crippen MR) is 68.6 cm³/mol. The SMILES string of the molecule is O=C(O)C1CO[C@@](CI)(c2ccc(F)cc2F)C1. The lowest BCUT2D eigenvalue weighted by Gasteiger charge is -2.27. The van der Waals surface area contributed by atoms with E-state index in [2.05, 4.69) is 0 Å². The van der Waals surface area contributed by atoms with E-state index in [9.17, 15) is 13.6 Å². The maximum absolute atomic E-state index is 13.8. The van der Waals surface area contributed by atoms with Crippen molar-refractivity contribution in [3.05, 3.63) is 35.4 Å². The summed E-state index contributed by atoms with van der Waals surface area (Å²) in [6.07, 6.45) is 0.202. The van der Waals surface area contributed by atoms with Gasteiger partial charge in [-0.3, -0.25) is 4.79 Å². The number of halogens is 3. The van der Waals surface area contributed by atoms with Crippen molar-refractivity contribution in [2.75, 3.05) is 11.0 Å². The molecule has 2 atom stereocenters. The minimum atomic E-state index is -0.971. The van der Waals surface area contributed by atoms with Crippen LogP contribution in [0.25, 0.3) is 0 Å². The molecule has 0 aliphatic carbocycles. The molecule has 98 valence electrons. The van der Waals surface area contributed by atoms with E-state index in [0.717, 1.165) is 12.1 Å². The fourth-order valence-corrected chi connectivity index (χ4v) is 3.09. The molecule has 6 heteroatoms. The van der Waals surface area contributed by atoms with Crippen molar-refractivity contribution in [2.24, 2.45) is 5.92 Å². The number of hydrogen-bond acceptors (Lipinski definition) is 2. The maximum atomic E-state index is 13.8. The number of alkyl halides is 1. The van der Waals surface area contributed by atoms with Crippen molar-refractivity contribution in [3.63, 3.8) is 0 Å². The van der Waals surface area contributed by atoms with E-state index in [0.29, 0.717) is 4.43 Å². The zero-order valence-corrected chi connectivity index (χ0v) is 11.5. The van der Waals surface area contributed by atoms with Crippen LogP contribution in [0.4, 0.5) is 8.78 Å². The van der Waals surface area contributed by atoms with Crippen LogP contribution in [0.5, 0.6) is 0 Å². The first-order valence-corrected chi connectivity index (χ1v) is 6.89. The van der Waals surface area contributed by atoms with Gasteiger partial charge < -0.3 is 9.84 Å². The van der Waals surface area contributed by atoms with Gasteiger partial charge in [0, 0.05) is 16.1 Å². The summed E-state index contributed by atoms with van der Waals surface area (Å²) in [7, 11) is 0. The summed E-state index contributed by atoms with van der Waals surface area (Å²) in [6.45, 7) is 0.0507. The topological polar surface area (TPSA) is 46.5 Å². The fourth-order valence-electron chi connectivity index (χ4n) is 2.15. The molecule has 1 fully saturated rings.